The summed E-state index contributed by atoms with van der Waals surface area (Å²) in [5.41, 5.74) is 2.92. The number of allylic oxidation sites excluding steroid dienone is 1. The number of hydrogen-bond acceptors (Lipinski definition) is 5. The predicted molar refractivity (Wildman–Crippen MR) is 117 cm³/mol. The number of thiocarbonyl (C=S) groups is 1. The Morgan fingerprint density at radius 1 is 1.04 bits per heavy atom. The first kappa shape index (κ1) is 19.7. The topological polar surface area (TPSA) is 75.3 Å². The van der Waals surface area contributed by atoms with Crippen LogP contribution in [0.2, 0.25) is 0 Å². The van der Waals surface area contributed by atoms with Crippen molar-refractivity contribution in [1.29, 1.82) is 0 Å². The second-order valence-electron chi connectivity index (χ2n) is 5.98. The molecule has 3 rings (SSSR count). The van der Waals surface area contributed by atoms with Gasteiger partial charge in [-0.15, -0.1) is 0 Å². The van der Waals surface area contributed by atoms with Crippen LogP contribution in [0.3, 0.4) is 0 Å². The Balaban J connectivity index is 1.65. The van der Waals surface area contributed by atoms with Gasteiger partial charge in [0.05, 0.1) is 4.91 Å². The molecule has 0 spiro atoms. The van der Waals surface area contributed by atoms with E-state index < -0.39 is 0 Å². The molecule has 1 saturated heterocycles. The standard InChI is InChI=1S/C21H16N2O3S2/c1-13(24)22-17-9-7-16(8-10-17)18(25)11-6-14-2-4-15(5-3-14)12-19-20(26)23-21(27)28-19/h2-12H,1H3,(H,22,24)(H,23,26,27)/b11-6+,19-12+. The van der Waals surface area contributed by atoms with E-state index in [0.717, 1.165) is 11.1 Å². The first-order valence-electron chi connectivity index (χ1n) is 8.36. The third-order valence-corrected chi connectivity index (χ3v) is 4.96. The molecule has 0 aliphatic carbocycles. The molecular weight excluding hydrogens is 392 g/mol. The van der Waals surface area contributed by atoms with E-state index in [1.807, 2.05) is 24.3 Å². The Morgan fingerprint density at radius 3 is 2.25 bits per heavy atom. The molecule has 28 heavy (non-hydrogen) atoms. The van der Waals surface area contributed by atoms with Crippen LogP contribution >= 0.6 is 24.0 Å². The number of hydrogen-bond donors (Lipinski definition) is 2. The summed E-state index contributed by atoms with van der Waals surface area (Å²) < 4.78 is 0.458. The quantitative estimate of drug-likeness (QED) is 0.444. The zero-order valence-electron chi connectivity index (χ0n) is 14.9. The molecule has 140 valence electrons. The molecule has 1 aliphatic rings. The third kappa shape index (κ3) is 5.25. The minimum Gasteiger partial charge on any atom is -0.326 e. The van der Waals surface area contributed by atoms with Gasteiger partial charge in [-0.2, -0.15) is 0 Å². The highest BCUT2D eigenvalue weighted by molar-refractivity contribution is 8.26. The maximum Gasteiger partial charge on any atom is 0.263 e. The molecule has 1 fully saturated rings. The maximum atomic E-state index is 12.3. The molecule has 2 N–H and O–H groups in total. The number of thioether (sulfide) groups is 1. The second kappa shape index (κ2) is 8.77. The largest absolute Gasteiger partial charge is 0.326 e. The molecule has 0 radical (unpaired) electrons. The van der Waals surface area contributed by atoms with Crippen LogP contribution in [-0.4, -0.2) is 21.9 Å². The molecule has 1 heterocycles. The van der Waals surface area contributed by atoms with Crippen molar-refractivity contribution in [2.75, 3.05) is 5.32 Å². The van der Waals surface area contributed by atoms with Crippen molar-refractivity contribution in [2.24, 2.45) is 0 Å². The summed E-state index contributed by atoms with van der Waals surface area (Å²) in [6, 6.07) is 14.2. The van der Waals surface area contributed by atoms with Crippen LogP contribution in [0.4, 0.5) is 5.69 Å². The van der Waals surface area contributed by atoms with Gasteiger partial charge >= 0.3 is 0 Å². The minimum atomic E-state index is -0.186. The predicted octanol–water partition coefficient (Wildman–Crippen LogP) is 4.03. The van der Waals surface area contributed by atoms with E-state index in [1.165, 1.54) is 24.8 Å². The lowest BCUT2D eigenvalue weighted by molar-refractivity contribution is -0.115. The lowest BCUT2D eigenvalue weighted by atomic mass is 10.1. The van der Waals surface area contributed by atoms with Gasteiger partial charge in [0.15, 0.2) is 5.78 Å². The Bertz CT molecular complexity index is 1010. The summed E-state index contributed by atoms with van der Waals surface area (Å²) in [5, 5.41) is 5.24. The molecule has 0 atom stereocenters. The van der Waals surface area contributed by atoms with Gasteiger partial charge in [0.1, 0.15) is 4.32 Å². The highest BCUT2D eigenvalue weighted by Gasteiger charge is 2.21. The Labute approximate surface area is 171 Å². The van der Waals surface area contributed by atoms with E-state index in [4.69, 9.17) is 12.2 Å². The number of anilines is 1. The van der Waals surface area contributed by atoms with Crippen molar-refractivity contribution in [3.8, 4) is 0 Å². The molecule has 1 aliphatic heterocycles. The van der Waals surface area contributed by atoms with Crippen LogP contribution < -0.4 is 10.6 Å². The number of rotatable bonds is 5. The van der Waals surface area contributed by atoms with Gasteiger partial charge in [-0.05, 0) is 47.5 Å². The summed E-state index contributed by atoms with van der Waals surface area (Å²) in [5.74, 6) is -0.477. The summed E-state index contributed by atoms with van der Waals surface area (Å²) in [6.45, 7) is 1.43. The number of benzene rings is 2. The number of nitrogens with one attached hydrogen (secondary N) is 2. The van der Waals surface area contributed by atoms with Crippen LogP contribution in [0.5, 0.6) is 0 Å². The molecule has 0 aromatic heterocycles. The Morgan fingerprint density at radius 2 is 1.68 bits per heavy atom. The van der Waals surface area contributed by atoms with E-state index in [2.05, 4.69) is 10.6 Å². The SMILES string of the molecule is CC(=O)Nc1ccc(C(=O)/C=C/c2ccc(/C=C3/SC(=S)NC3=O)cc2)cc1. The number of carbonyl (C=O) groups is 3. The monoisotopic (exact) mass is 408 g/mol. The summed E-state index contributed by atoms with van der Waals surface area (Å²) in [4.78, 5) is 35.5. The smallest absolute Gasteiger partial charge is 0.263 e. The van der Waals surface area contributed by atoms with Gasteiger partial charge in [0.2, 0.25) is 5.91 Å². The van der Waals surface area contributed by atoms with Crippen LogP contribution in [0.1, 0.15) is 28.4 Å². The summed E-state index contributed by atoms with van der Waals surface area (Å²) in [7, 11) is 0. The van der Waals surface area contributed by atoms with E-state index in [0.29, 0.717) is 20.5 Å². The van der Waals surface area contributed by atoms with Crippen molar-refractivity contribution in [3.63, 3.8) is 0 Å². The molecule has 0 saturated carbocycles. The molecule has 0 unspecified atom stereocenters. The van der Waals surface area contributed by atoms with Gasteiger partial charge < -0.3 is 10.6 Å². The molecule has 0 bridgehead atoms. The highest BCUT2D eigenvalue weighted by atomic mass is 32.2. The fourth-order valence-electron chi connectivity index (χ4n) is 2.46. The van der Waals surface area contributed by atoms with Gasteiger partial charge in [-0.3, -0.25) is 14.4 Å². The highest BCUT2D eigenvalue weighted by Crippen LogP contribution is 2.26. The molecule has 2 amide bonds. The average Bonchev–Trinajstić information content (AvgIpc) is 2.98. The average molecular weight is 409 g/mol. The van der Waals surface area contributed by atoms with Gasteiger partial charge in [-0.1, -0.05) is 54.3 Å². The number of ketones is 1. The van der Waals surface area contributed by atoms with Crippen LogP contribution in [-0.2, 0) is 9.59 Å². The van der Waals surface area contributed by atoms with E-state index in [1.54, 1.807) is 36.4 Å². The van der Waals surface area contributed by atoms with Gasteiger partial charge in [0, 0.05) is 18.2 Å². The first-order valence-corrected chi connectivity index (χ1v) is 9.58. The first-order chi connectivity index (χ1) is 13.4. The van der Waals surface area contributed by atoms with Crippen LogP contribution in [0.15, 0.2) is 59.5 Å². The minimum absolute atomic E-state index is 0.131. The fraction of sp³-hybridized carbons (Fsp3) is 0.0476. The molecular formula is C21H16N2O3S2. The van der Waals surface area contributed by atoms with Crippen molar-refractivity contribution in [1.82, 2.24) is 5.32 Å². The number of amides is 2. The summed E-state index contributed by atoms with van der Waals surface area (Å²) in [6.07, 6.45) is 5.00. The Hall–Kier alpha value is -3.03. The molecule has 2 aromatic carbocycles. The van der Waals surface area contributed by atoms with Crippen LogP contribution in [0, 0.1) is 0 Å². The zero-order chi connectivity index (χ0) is 20.1. The molecule has 7 heteroatoms. The van der Waals surface area contributed by atoms with E-state index >= 15 is 0 Å². The van der Waals surface area contributed by atoms with Crippen molar-refractivity contribution >= 4 is 63.7 Å². The van der Waals surface area contributed by atoms with Crippen molar-refractivity contribution in [2.45, 2.75) is 6.92 Å². The van der Waals surface area contributed by atoms with E-state index in [9.17, 15) is 14.4 Å². The second-order valence-corrected chi connectivity index (χ2v) is 7.69. The Kier molecular flexibility index (Phi) is 6.18. The normalized spacial score (nSPS) is 15.1. The molecule has 5 nitrogen and oxygen atoms in total. The van der Waals surface area contributed by atoms with Crippen LogP contribution in [0.25, 0.3) is 12.2 Å². The lowest BCUT2D eigenvalue weighted by Crippen LogP contribution is -2.17. The van der Waals surface area contributed by atoms with Gasteiger partial charge in [-0.25, -0.2) is 0 Å². The zero-order valence-corrected chi connectivity index (χ0v) is 16.5. The summed E-state index contributed by atoms with van der Waals surface area (Å²) >= 11 is 6.20. The van der Waals surface area contributed by atoms with E-state index in [-0.39, 0.29) is 17.6 Å². The maximum absolute atomic E-state index is 12.3. The molecule has 2 aromatic rings. The van der Waals surface area contributed by atoms with Crippen molar-refractivity contribution in [3.05, 3.63) is 76.2 Å². The van der Waals surface area contributed by atoms with Gasteiger partial charge in [0.25, 0.3) is 5.91 Å². The number of carbonyl (C=O) groups excluding carboxylic acids is 3. The lowest BCUT2D eigenvalue weighted by Gasteiger charge is -2.02. The fourth-order valence-corrected chi connectivity index (χ4v) is 3.51. The third-order valence-electron chi connectivity index (χ3n) is 3.79. The van der Waals surface area contributed by atoms with Crippen molar-refractivity contribution < 1.29 is 14.4 Å².